The molecule has 5 heteroatoms. The predicted molar refractivity (Wildman–Crippen MR) is 247 cm³/mol. The Hall–Kier alpha value is -7.89. The Bertz CT molecular complexity index is 3300. The molecule has 0 saturated heterocycles. The first kappa shape index (κ1) is 34.2. The standard InChI is InChI=1S/C55H37N5/c1-2-20-43-36(14-1)15-13-25-44(43)37-30-32-38(33-31-37)53-56-54(39-16-11-18-41(34-39)59-49-26-7-3-21-45(49)46-22-4-8-27-50(46)59)58-55(57-53)40-17-12-19-42(35-40)60-51-28-9-5-23-47(51)48-24-6-10-29-52(48)60/h1-35,45,49H. The molecule has 2 atom stereocenters. The van der Waals surface area contributed by atoms with Gasteiger partial charge < -0.3 is 9.47 Å². The Morgan fingerprint density at radius 2 is 0.950 bits per heavy atom. The second-order valence-corrected chi connectivity index (χ2v) is 15.6. The van der Waals surface area contributed by atoms with Crippen LogP contribution in [0.1, 0.15) is 11.5 Å². The molecule has 282 valence electrons. The summed E-state index contributed by atoms with van der Waals surface area (Å²) in [7, 11) is 0. The van der Waals surface area contributed by atoms with Gasteiger partial charge in [-0.2, -0.15) is 0 Å². The molecule has 1 aliphatic carbocycles. The number of fused-ring (bicyclic) bond motifs is 7. The van der Waals surface area contributed by atoms with Crippen LogP contribution in [0.4, 0.5) is 11.4 Å². The molecule has 2 unspecified atom stereocenters. The van der Waals surface area contributed by atoms with Crippen molar-refractivity contribution in [3.05, 3.63) is 218 Å². The average molecular weight is 768 g/mol. The third kappa shape index (κ3) is 5.58. The van der Waals surface area contributed by atoms with E-state index in [1.807, 2.05) is 0 Å². The number of nitrogens with zero attached hydrogens (tertiary/aromatic N) is 5. The van der Waals surface area contributed by atoms with Gasteiger partial charge in [0.1, 0.15) is 0 Å². The molecule has 0 fully saturated rings. The normalized spacial score (nSPS) is 15.5. The third-order valence-corrected chi connectivity index (χ3v) is 12.2. The van der Waals surface area contributed by atoms with Gasteiger partial charge in [-0.3, -0.25) is 0 Å². The molecule has 60 heavy (non-hydrogen) atoms. The number of hydrogen-bond acceptors (Lipinski definition) is 4. The van der Waals surface area contributed by atoms with E-state index in [0.717, 1.165) is 44.7 Å². The molecule has 0 bridgehead atoms. The Kier molecular flexibility index (Phi) is 7.91. The number of rotatable bonds is 6. The predicted octanol–water partition coefficient (Wildman–Crippen LogP) is 13.5. The molecule has 10 aromatic rings. The van der Waals surface area contributed by atoms with Crippen LogP contribution in [0.3, 0.4) is 0 Å². The van der Waals surface area contributed by atoms with Crippen molar-refractivity contribution >= 4 is 44.0 Å². The van der Waals surface area contributed by atoms with Gasteiger partial charge in [0.25, 0.3) is 0 Å². The molecule has 0 amide bonds. The Morgan fingerprint density at radius 1 is 0.400 bits per heavy atom. The molecule has 12 rings (SSSR count). The minimum atomic E-state index is 0.191. The second-order valence-electron chi connectivity index (χ2n) is 15.6. The molecule has 1 aliphatic heterocycles. The molecule has 8 aromatic carbocycles. The highest BCUT2D eigenvalue weighted by Crippen LogP contribution is 2.48. The zero-order valence-corrected chi connectivity index (χ0v) is 32.6. The largest absolute Gasteiger partial charge is 0.333 e. The van der Waals surface area contributed by atoms with Crippen LogP contribution in [0.15, 0.2) is 212 Å². The van der Waals surface area contributed by atoms with E-state index in [9.17, 15) is 0 Å². The van der Waals surface area contributed by atoms with Crippen molar-refractivity contribution in [3.8, 4) is 51.0 Å². The van der Waals surface area contributed by atoms with Crippen molar-refractivity contribution in [2.24, 2.45) is 0 Å². The van der Waals surface area contributed by atoms with Gasteiger partial charge in [-0.25, -0.2) is 15.0 Å². The minimum absolute atomic E-state index is 0.191. The summed E-state index contributed by atoms with van der Waals surface area (Å²) in [5.41, 5.74) is 12.1. The monoisotopic (exact) mass is 767 g/mol. The lowest BCUT2D eigenvalue weighted by Crippen LogP contribution is -2.28. The van der Waals surface area contributed by atoms with E-state index in [0.29, 0.717) is 23.4 Å². The zero-order valence-electron chi connectivity index (χ0n) is 32.6. The van der Waals surface area contributed by atoms with Gasteiger partial charge in [-0.05, 0) is 69.9 Å². The summed E-state index contributed by atoms with van der Waals surface area (Å²) in [4.78, 5) is 18.2. The van der Waals surface area contributed by atoms with Crippen LogP contribution in [0.25, 0.3) is 83.6 Å². The van der Waals surface area contributed by atoms with Gasteiger partial charge in [-0.1, -0.05) is 170 Å². The third-order valence-electron chi connectivity index (χ3n) is 12.2. The van der Waals surface area contributed by atoms with E-state index < -0.39 is 0 Å². The van der Waals surface area contributed by atoms with Gasteiger partial charge in [0.2, 0.25) is 0 Å². The lowest BCUT2D eigenvalue weighted by atomic mass is 9.91. The van der Waals surface area contributed by atoms with Crippen molar-refractivity contribution in [1.29, 1.82) is 0 Å². The van der Waals surface area contributed by atoms with Crippen LogP contribution in [-0.4, -0.2) is 25.6 Å². The Balaban J connectivity index is 1.00. The van der Waals surface area contributed by atoms with Gasteiger partial charge in [0, 0.05) is 50.4 Å². The molecule has 5 nitrogen and oxygen atoms in total. The second kappa shape index (κ2) is 13.9. The lowest BCUT2D eigenvalue weighted by Gasteiger charge is -2.29. The van der Waals surface area contributed by atoms with E-state index in [2.05, 4.69) is 222 Å². The molecule has 0 N–H and O–H groups in total. The number of aromatic nitrogens is 4. The summed E-state index contributed by atoms with van der Waals surface area (Å²) in [5, 5.41) is 4.90. The maximum atomic E-state index is 5.26. The fourth-order valence-corrected chi connectivity index (χ4v) is 9.41. The van der Waals surface area contributed by atoms with E-state index in [4.69, 9.17) is 15.0 Å². The topological polar surface area (TPSA) is 46.8 Å². The minimum Gasteiger partial charge on any atom is -0.333 e. The summed E-state index contributed by atoms with van der Waals surface area (Å²) in [6, 6.07) is 67.0. The fourth-order valence-electron chi connectivity index (χ4n) is 9.41. The maximum Gasteiger partial charge on any atom is 0.164 e. The molecule has 0 saturated carbocycles. The Labute approximate surface area is 347 Å². The molecule has 0 radical (unpaired) electrons. The van der Waals surface area contributed by atoms with Gasteiger partial charge in [-0.15, -0.1) is 0 Å². The number of hydrogen-bond donors (Lipinski definition) is 0. The number of allylic oxidation sites excluding steroid dienone is 2. The first-order chi connectivity index (χ1) is 29.7. The van der Waals surface area contributed by atoms with Crippen LogP contribution >= 0.6 is 0 Å². The molecule has 3 heterocycles. The van der Waals surface area contributed by atoms with Crippen molar-refractivity contribution in [1.82, 2.24) is 19.5 Å². The summed E-state index contributed by atoms with van der Waals surface area (Å²) < 4.78 is 2.34. The van der Waals surface area contributed by atoms with Crippen LogP contribution in [0.2, 0.25) is 0 Å². The van der Waals surface area contributed by atoms with E-state index >= 15 is 0 Å². The van der Waals surface area contributed by atoms with Crippen molar-refractivity contribution in [3.63, 3.8) is 0 Å². The summed E-state index contributed by atoms with van der Waals surface area (Å²) >= 11 is 0. The maximum absolute atomic E-state index is 5.26. The quantitative estimate of drug-likeness (QED) is 0.169. The van der Waals surface area contributed by atoms with Crippen LogP contribution in [-0.2, 0) is 0 Å². The first-order valence-corrected chi connectivity index (χ1v) is 20.5. The summed E-state index contributed by atoms with van der Waals surface area (Å²) in [5.74, 6) is 2.16. The fraction of sp³-hybridized carbons (Fsp3) is 0.0364. The molecular formula is C55H37N5. The summed E-state index contributed by atoms with van der Waals surface area (Å²) in [6.45, 7) is 0. The Morgan fingerprint density at radius 3 is 1.70 bits per heavy atom. The molecule has 2 aromatic heterocycles. The van der Waals surface area contributed by atoms with Crippen LogP contribution in [0.5, 0.6) is 0 Å². The van der Waals surface area contributed by atoms with E-state index in [1.165, 1.54) is 38.4 Å². The molecule has 2 aliphatic rings. The van der Waals surface area contributed by atoms with Crippen LogP contribution < -0.4 is 4.90 Å². The van der Waals surface area contributed by atoms with Crippen LogP contribution in [0, 0.1) is 0 Å². The highest BCUT2D eigenvalue weighted by atomic mass is 15.2. The highest BCUT2D eigenvalue weighted by Gasteiger charge is 2.37. The SMILES string of the molecule is C1=CC2c3ccccc3N(c3cccc(-c4nc(-c5ccc(-c6cccc7ccccc67)cc5)nc(-c5cccc(-n6c7ccccc7c7ccccc76)c5)n4)c3)C2C=C1. The van der Waals surface area contributed by atoms with Crippen molar-refractivity contribution in [2.45, 2.75) is 12.0 Å². The van der Waals surface area contributed by atoms with Gasteiger partial charge >= 0.3 is 0 Å². The van der Waals surface area contributed by atoms with E-state index in [-0.39, 0.29) is 6.04 Å². The first-order valence-electron chi connectivity index (χ1n) is 20.5. The number of benzene rings is 8. The highest BCUT2D eigenvalue weighted by molar-refractivity contribution is 6.09. The van der Waals surface area contributed by atoms with Crippen molar-refractivity contribution in [2.75, 3.05) is 4.90 Å². The summed E-state index contributed by atoms with van der Waals surface area (Å²) in [6.07, 6.45) is 8.95. The smallest absolute Gasteiger partial charge is 0.164 e. The molecule has 0 spiro atoms. The average Bonchev–Trinajstić information content (AvgIpc) is 3.85. The number of para-hydroxylation sites is 3. The van der Waals surface area contributed by atoms with Crippen molar-refractivity contribution < 1.29 is 0 Å². The lowest BCUT2D eigenvalue weighted by molar-refractivity contribution is 0.745. The molecular weight excluding hydrogens is 731 g/mol. The zero-order chi connectivity index (χ0) is 39.6. The van der Waals surface area contributed by atoms with Gasteiger partial charge in [0.15, 0.2) is 17.5 Å². The van der Waals surface area contributed by atoms with E-state index in [1.54, 1.807) is 0 Å². The number of anilines is 2. The van der Waals surface area contributed by atoms with Gasteiger partial charge in [0.05, 0.1) is 17.1 Å².